The number of nitrogens with one attached hydrogen (secondary N) is 2. The summed E-state index contributed by atoms with van der Waals surface area (Å²) in [4.78, 5) is 28.4. The molecule has 1 saturated carbocycles. The standard InChI is InChI=1S/C28H45N3O3/c1-7-23(29-26(33)22-14-10-11-18(2)19(22)3)25(32)17-31-16-21-13-9-8-12-20(21)15-24(31)27(34)30-28(4,5)6/h10-11,14,20-21,23-25,32H,7-9,12-13,15-17H2,1-6H3,(H,29,33)(H,30,34). The minimum absolute atomic E-state index is 0.0520. The molecule has 1 heterocycles. The summed E-state index contributed by atoms with van der Waals surface area (Å²) >= 11 is 0. The second-order valence-corrected chi connectivity index (χ2v) is 11.6. The number of amides is 2. The first-order valence-electron chi connectivity index (χ1n) is 13.1. The lowest BCUT2D eigenvalue weighted by molar-refractivity contribution is -0.132. The Labute approximate surface area is 205 Å². The van der Waals surface area contributed by atoms with E-state index < -0.39 is 6.10 Å². The fourth-order valence-electron chi connectivity index (χ4n) is 5.71. The van der Waals surface area contributed by atoms with Crippen molar-refractivity contribution in [2.45, 2.75) is 104 Å². The summed E-state index contributed by atoms with van der Waals surface area (Å²) in [6.07, 6.45) is 5.63. The molecule has 1 aromatic rings. The van der Waals surface area contributed by atoms with Crippen molar-refractivity contribution < 1.29 is 14.7 Å². The molecule has 190 valence electrons. The summed E-state index contributed by atoms with van der Waals surface area (Å²) in [5.41, 5.74) is 2.39. The molecular weight excluding hydrogens is 426 g/mol. The number of hydrogen-bond acceptors (Lipinski definition) is 4. The van der Waals surface area contributed by atoms with E-state index in [2.05, 4.69) is 15.5 Å². The van der Waals surface area contributed by atoms with Crippen LogP contribution in [0.2, 0.25) is 0 Å². The highest BCUT2D eigenvalue weighted by Gasteiger charge is 2.41. The molecule has 1 aliphatic carbocycles. The molecular formula is C28H45N3O3. The Balaban J connectivity index is 1.72. The van der Waals surface area contributed by atoms with Gasteiger partial charge in [-0.05, 0) is 82.9 Å². The summed E-state index contributed by atoms with van der Waals surface area (Å²) in [6.45, 7) is 13.2. The van der Waals surface area contributed by atoms with Crippen LogP contribution in [-0.2, 0) is 4.79 Å². The highest BCUT2D eigenvalue weighted by molar-refractivity contribution is 5.96. The van der Waals surface area contributed by atoms with Gasteiger partial charge in [0.05, 0.1) is 18.2 Å². The van der Waals surface area contributed by atoms with Gasteiger partial charge in [-0.3, -0.25) is 14.5 Å². The first-order chi connectivity index (χ1) is 16.0. The van der Waals surface area contributed by atoms with Crippen LogP contribution in [0.5, 0.6) is 0 Å². The maximum Gasteiger partial charge on any atom is 0.251 e. The molecule has 6 nitrogen and oxygen atoms in total. The lowest BCUT2D eigenvalue weighted by atomic mass is 9.72. The van der Waals surface area contributed by atoms with Crippen molar-refractivity contribution in [3.05, 3.63) is 34.9 Å². The van der Waals surface area contributed by atoms with E-state index in [0.717, 1.165) is 24.1 Å². The Hall–Kier alpha value is -1.92. The number of benzene rings is 1. The lowest BCUT2D eigenvalue weighted by Crippen LogP contribution is -2.60. The Kier molecular flexibility index (Phi) is 8.80. The Morgan fingerprint density at radius 2 is 1.82 bits per heavy atom. The second kappa shape index (κ2) is 11.2. The number of carbonyl (C=O) groups is 2. The predicted octanol–water partition coefficient (Wildman–Crippen LogP) is 3.97. The largest absolute Gasteiger partial charge is 0.390 e. The third-order valence-corrected chi connectivity index (χ3v) is 7.79. The Morgan fingerprint density at radius 1 is 1.15 bits per heavy atom. The molecule has 1 aliphatic heterocycles. The molecule has 2 amide bonds. The first kappa shape index (κ1) is 26.7. The van der Waals surface area contributed by atoms with Crippen molar-refractivity contribution >= 4 is 11.8 Å². The van der Waals surface area contributed by atoms with Gasteiger partial charge in [0.1, 0.15) is 0 Å². The van der Waals surface area contributed by atoms with Crippen LogP contribution in [-0.4, -0.2) is 58.6 Å². The van der Waals surface area contributed by atoms with Crippen molar-refractivity contribution in [3.63, 3.8) is 0 Å². The molecule has 6 heteroatoms. The van der Waals surface area contributed by atoms with Gasteiger partial charge in [-0.15, -0.1) is 0 Å². The van der Waals surface area contributed by atoms with Crippen LogP contribution < -0.4 is 10.6 Å². The van der Waals surface area contributed by atoms with Crippen molar-refractivity contribution in [3.8, 4) is 0 Å². The monoisotopic (exact) mass is 471 g/mol. The summed E-state index contributed by atoms with van der Waals surface area (Å²) in [7, 11) is 0. The lowest BCUT2D eigenvalue weighted by Gasteiger charge is -2.47. The van der Waals surface area contributed by atoms with Gasteiger partial charge < -0.3 is 15.7 Å². The van der Waals surface area contributed by atoms with Crippen LogP contribution in [0, 0.1) is 25.7 Å². The number of β-amino-alcohol motifs (C(OH)–C–C–N with tert-alkyl or cyclic N) is 1. The second-order valence-electron chi connectivity index (χ2n) is 11.6. The molecule has 34 heavy (non-hydrogen) atoms. The van der Waals surface area contributed by atoms with Crippen LogP contribution in [0.4, 0.5) is 0 Å². The third-order valence-electron chi connectivity index (χ3n) is 7.79. The van der Waals surface area contributed by atoms with E-state index >= 15 is 0 Å². The molecule has 2 fully saturated rings. The number of fused-ring (bicyclic) bond motifs is 1. The van der Waals surface area contributed by atoms with Gasteiger partial charge in [-0.25, -0.2) is 0 Å². The average Bonchev–Trinajstić information content (AvgIpc) is 2.77. The number of piperidine rings is 1. The van der Waals surface area contributed by atoms with E-state index in [1.807, 2.05) is 59.7 Å². The summed E-state index contributed by atoms with van der Waals surface area (Å²) < 4.78 is 0. The van der Waals surface area contributed by atoms with E-state index in [1.165, 1.54) is 25.7 Å². The molecule has 2 aliphatic rings. The highest BCUT2D eigenvalue weighted by Crippen LogP contribution is 2.38. The SMILES string of the molecule is CCC(NC(=O)c1cccc(C)c1C)C(O)CN1CC2CCCCC2CC1C(=O)NC(C)(C)C. The minimum atomic E-state index is -0.746. The molecule has 0 spiro atoms. The maximum absolute atomic E-state index is 13.2. The van der Waals surface area contributed by atoms with Crippen molar-refractivity contribution in [2.24, 2.45) is 11.8 Å². The number of nitrogens with zero attached hydrogens (tertiary/aromatic N) is 1. The fraction of sp³-hybridized carbons (Fsp3) is 0.714. The van der Waals surface area contributed by atoms with E-state index in [1.54, 1.807) is 0 Å². The summed E-state index contributed by atoms with van der Waals surface area (Å²) in [5.74, 6) is 1.07. The molecule has 0 bridgehead atoms. The molecule has 1 saturated heterocycles. The number of likely N-dealkylation sites (tertiary alicyclic amines) is 1. The van der Waals surface area contributed by atoms with E-state index in [0.29, 0.717) is 30.4 Å². The number of rotatable bonds is 7. The minimum Gasteiger partial charge on any atom is -0.390 e. The average molecular weight is 472 g/mol. The van der Waals surface area contributed by atoms with Gasteiger partial charge in [-0.1, -0.05) is 38.3 Å². The van der Waals surface area contributed by atoms with Crippen LogP contribution in [0.25, 0.3) is 0 Å². The number of aliphatic hydroxyl groups is 1. The third kappa shape index (κ3) is 6.60. The predicted molar refractivity (Wildman–Crippen MR) is 137 cm³/mol. The van der Waals surface area contributed by atoms with Crippen molar-refractivity contribution in [1.82, 2.24) is 15.5 Å². The number of aryl methyl sites for hydroxylation is 1. The van der Waals surface area contributed by atoms with E-state index in [-0.39, 0.29) is 29.4 Å². The van der Waals surface area contributed by atoms with Gasteiger partial charge in [-0.2, -0.15) is 0 Å². The molecule has 1 aromatic carbocycles. The highest BCUT2D eigenvalue weighted by atomic mass is 16.3. The van der Waals surface area contributed by atoms with Crippen molar-refractivity contribution in [2.75, 3.05) is 13.1 Å². The Morgan fingerprint density at radius 3 is 2.47 bits per heavy atom. The fourth-order valence-corrected chi connectivity index (χ4v) is 5.71. The molecule has 5 atom stereocenters. The topological polar surface area (TPSA) is 81.7 Å². The van der Waals surface area contributed by atoms with Crippen LogP contribution in [0.15, 0.2) is 18.2 Å². The van der Waals surface area contributed by atoms with E-state index in [9.17, 15) is 14.7 Å². The molecule has 0 radical (unpaired) electrons. The van der Waals surface area contributed by atoms with Crippen molar-refractivity contribution in [1.29, 1.82) is 0 Å². The molecule has 0 aromatic heterocycles. The molecule has 3 N–H and O–H groups in total. The zero-order valence-electron chi connectivity index (χ0n) is 22.0. The zero-order chi connectivity index (χ0) is 25.0. The van der Waals surface area contributed by atoms with Gasteiger partial charge in [0.2, 0.25) is 5.91 Å². The number of hydrogen-bond donors (Lipinski definition) is 3. The molecule has 3 rings (SSSR count). The zero-order valence-corrected chi connectivity index (χ0v) is 22.0. The number of carbonyl (C=O) groups excluding carboxylic acids is 2. The van der Waals surface area contributed by atoms with Gasteiger partial charge in [0.15, 0.2) is 0 Å². The smallest absolute Gasteiger partial charge is 0.251 e. The van der Waals surface area contributed by atoms with Crippen LogP contribution >= 0.6 is 0 Å². The normalized spacial score (nSPS) is 25.2. The maximum atomic E-state index is 13.2. The van der Waals surface area contributed by atoms with Gasteiger partial charge >= 0.3 is 0 Å². The van der Waals surface area contributed by atoms with Gasteiger partial charge in [0, 0.05) is 24.2 Å². The van der Waals surface area contributed by atoms with Gasteiger partial charge in [0.25, 0.3) is 5.91 Å². The Bertz CT molecular complexity index is 863. The van der Waals surface area contributed by atoms with Crippen LogP contribution in [0.1, 0.15) is 87.7 Å². The first-order valence-corrected chi connectivity index (χ1v) is 13.1. The quantitative estimate of drug-likeness (QED) is 0.562. The van der Waals surface area contributed by atoms with Crippen LogP contribution in [0.3, 0.4) is 0 Å². The van der Waals surface area contributed by atoms with E-state index in [4.69, 9.17) is 0 Å². The number of aliphatic hydroxyl groups excluding tert-OH is 1. The summed E-state index contributed by atoms with van der Waals surface area (Å²) in [6, 6.07) is 5.11. The molecule has 5 unspecified atom stereocenters. The summed E-state index contributed by atoms with van der Waals surface area (Å²) in [5, 5.41) is 17.4.